The van der Waals surface area contributed by atoms with Crippen molar-refractivity contribution >= 4 is 23.6 Å². The van der Waals surface area contributed by atoms with Gasteiger partial charge in [-0.25, -0.2) is 0 Å². The lowest BCUT2D eigenvalue weighted by Gasteiger charge is -2.30. The summed E-state index contributed by atoms with van der Waals surface area (Å²) in [6, 6.07) is 3.14. The predicted octanol–water partition coefficient (Wildman–Crippen LogP) is 0.717. The van der Waals surface area contributed by atoms with Crippen molar-refractivity contribution in [3.8, 4) is 0 Å². The monoisotopic (exact) mass is 475 g/mol. The highest BCUT2D eigenvalue weighted by Gasteiger charge is 2.26. The van der Waals surface area contributed by atoms with Crippen molar-refractivity contribution in [1.29, 1.82) is 0 Å². The fourth-order valence-corrected chi connectivity index (χ4v) is 3.44. The van der Waals surface area contributed by atoms with Crippen molar-refractivity contribution in [2.75, 3.05) is 19.7 Å². The van der Waals surface area contributed by atoms with Gasteiger partial charge in [0.15, 0.2) is 0 Å². The first-order valence-electron chi connectivity index (χ1n) is 11.5. The molecule has 0 aliphatic carbocycles. The standard InChI is InChI=1S/C24H37N5O5/c1-23(2,27-19(30)9-15-29-20(31)7-8-21(29)32)11-16-34-24(3,4)10-12-26-22(33)18(25)17-28-13-5-6-14-28/h5-8,13-14,18H,9-12,15-17,25H2,1-4H3,(H,26,33)(H,27,30). The lowest BCUT2D eigenvalue weighted by Crippen LogP contribution is -2.46. The van der Waals surface area contributed by atoms with E-state index < -0.39 is 29.0 Å². The van der Waals surface area contributed by atoms with Crippen LogP contribution in [0, 0.1) is 0 Å². The molecule has 0 saturated heterocycles. The Hall–Kier alpha value is -2.98. The van der Waals surface area contributed by atoms with Gasteiger partial charge in [0.25, 0.3) is 11.8 Å². The minimum absolute atomic E-state index is 0.0428. The Bertz CT molecular complexity index is 874. The molecule has 0 aromatic carbocycles. The largest absolute Gasteiger partial charge is 0.375 e. The molecule has 0 fully saturated rings. The molecule has 0 bridgehead atoms. The number of imide groups is 1. The second kappa shape index (κ2) is 11.9. The summed E-state index contributed by atoms with van der Waals surface area (Å²) < 4.78 is 7.86. The lowest BCUT2D eigenvalue weighted by molar-refractivity contribution is -0.137. The van der Waals surface area contributed by atoms with Gasteiger partial charge in [0.05, 0.1) is 5.60 Å². The average molecular weight is 476 g/mol. The van der Waals surface area contributed by atoms with Crippen LogP contribution in [0.1, 0.15) is 47.0 Å². The van der Waals surface area contributed by atoms with Gasteiger partial charge in [0.1, 0.15) is 6.04 Å². The number of hydrogen-bond acceptors (Lipinski definition) is 6. The van der Waals surface area contributed by atoms with Gasteiger partial charge in [-0.15, -0.1) is 0 Å². The van der Waals surface area contributed by atoms with E-state index in [0.717, 1.165) is 4.90 Å². The van der Waals surface area contributed by atoms with E-state index in [-0.39, 0.29) is 24.8 Å². The van der Waals surface area contributed by atoms with Crippen molar-refractivity contribution < 1.29 is 23.9 Å². The second-order valence-corrected chi connectivity index (χ2v) is 9.73. The summed E-state index contributed by atoms with van der Waals surface area (Å²) in [5.74, 6) is -1.24. The summed E-state index contributed by atoms with van der Waals surface area (Å²) in [5, 5.41) is 5.78. The Morgan fingerprint density at radius 2 is 1.68 bits per heavy atom. The van der Waals surface area contributed by atoms with Gasteiger partial charge >= 0.3 is 0 Å². The van der Waals surface area contributed by atoms with Crippen LogP contribution >= 0.6 is 0 Å². The third kappa shape index (κ3) is 9.11. The molecule has 4 N–H and O–H groups in total. The van der Waals surface area contributed by atoms with E-state index in [0.29, 0.717) is 32.5 Å². The number of rotatable bonds is 14. The van der Waals surface area contributed by atoms with Crippen LogP contribution in [0.25, 0.3) is 0 Å². The number of nitrogens with two attached hydrogens (primary N) is 1. The minimum Gasteiger partial charge on any atom is -0.375 e. The Balaban J connectivity index is 1.64. The van der Waals surface area contributed by atoms with Gasteiger partial charge < -0.3 is 25.7 Å². The smallest absolute Gasteiger partial charge is 0.253 e. The van der Waals surface area contributed by atoms with Gasteiger partial charge in [-0.3, -0.25) is 24.1 Å². The van der Waals surface area contributed by atoms with E-state index in [2.05, 4.69) is 10.6 Å². The third-order valence-electron chi connectivity index (χ3n) is 5.60. The molecule has 1 atom stereocenters. The molecule has 34 heavy (non-hydrogen) atoms. The predicted molar refractivity (Wildman–Crippen MR) is 127 cm³/mol. The van der Waals surface area contributed by atoms with Crippen molar-refractivity contribution in [3.63, 3.8) is 0 Å². The number of nitrogens with one attached hydrogen (secondary N) is 2. The molecule has 188 valence electrons. The van der Waals surface area contributed by atoms with Crippen molar-refractivity contribution in [2.45, 2.75) is 70.7 Å². The average Bonchev–Trinajstić information content (AvgIpc) is 3.35. The van der Waals surface area contributed by atoms with Crippen LogP contribution < -0.4 is 16.4 Å². The van der Waals surface area contributed by atoms with Gasteiger partial charge in [-0.05, 0) is 52.7 Å². The highest BCUT2D eigenvalue weighted by atomic mass is 16.5. The molecule has 0 spiro atoms. The summed E-state index contributed by atoms with van der Waals surface area (Å²) in [7, 11) is 0. The van der Waals surface area contributed by atoms with Gasteiger partial charge in [0.2, 0.25) is 11.8 Å². The zero-order chi connectivity index (χ0) is 25.4. The number of ether oxygens (including phenoxy) is 1. The Morgan fingerprint density at radius 3 is 2.29 bits per heavy atom. The summed E-state index contributed by atoms with van der Waals surface area (Å²) in [5.41, 5.74) is 4.96. The molecule has 0 saturated carbocycles. The van der Waals surface area contributed by atoms with Crippen molar-refractivity contribution in [3.05, 3.63) is 36.7 Å². The first-order valence-corrected chi connectivity index (χ1v) is 11.5. The second-order valence-electron chi connectivity index (χ2n) is 9.73. The Morgan fingerprint density at radius 1 is 1.06 bits per heavy atom. The number of amides is 4. The normalized spacial score (nSPS) is 15.0. The van der Waals surface area contributed by atoms with Crippen LogP contribution in [0.15, 0.2) is 36.7 Å². The first kappa shape index (κ1) is 27.3. The van der Waals surface area contributed by atoms with Gasteiger partial charge in [0, 0.05) is 62.7 Å². The molecule has 1 aromatic rings. The maximum atomic E-state index is 12.3. The fourth-order valence-electron chi connectivity index (χ4n) is 3.44. The lowest BCUT2D eigenvalue weighted by atomic mass is 10.00. The molecule has 10 nitrogen and oxygen atoms in total. The topological polar surface area (TPSA) is 136 Å². The highest BCUT2D eigenvalue weighted by Crippen LogP contribution is 2.17. The summed E-state index contributed by atoms with van der Waals surface area (Å²) in [6.07, 6.45) is 7.34. The number of hydrogen-bond donors (Lipinski definition) is 3. The van der Waals surface area contributed by atoms with Gasteiger partial charge in [-0.2, -0.15) is 0 Å². The molecular formula is C24H37N5O5. The Labute approximate surface area is 200 Å². The van der Waals surface area contributed by atoms with Crippen LogP contribution in [-0.4, -0.2) is 70.0 Å². The number of carbonyl (C=O) groups excluding carboxylic acids is 4. The van der Waals surface area contributed by atoms with E-state index in [1.165, 1.54) is 12.2 Å². The maximum Gasteiger partial charge on any atom is 0.253 e. The molecule has 1 aromatic heterocycles. The summed E-state index contributed by atoms with van der Waals surface area (Å²) in [6.45, 7) is 8.99. The summed E-state index contributed by atoms with van der Waals surface area (Å²) >= 11 is 0. The summed E-state index contributed by atoms with van der Waals surface area (Å²) in [4.78, 5) is 48.7. The van der Waals surface area contributed by atoms with E-state index in [9.17, 15) is 19.2 Å². The van der Waals surface area contributed by atoms with Crippen molar-refractivity contribution in [1.82, 2.24) is 20.1 Å². The molecule has 1 unspecified atom stereocenters. The van der Waals surface area contributed by atoms with Crippen LogP contribution in [0.5, 0.6) is 0 Å². The van der Waals surface area contributed by atoms with Crippen LogP contribution in [0.4, 0.5) is 0 Å². The van der Waals surface area contributed by atoms with E-state index in [1.54, 1.807) is 0 Å². The highest BCUT2D eigenvalue weighted by molar-refractivity contribution is 6.13. The zero-order valence-electron chi connectivity index (χ0n) is 20.5. The van der Waals surface area contributed by atoms with E-state index in [4.69, 9.17) is 10.5 Å². The van der Waals surface area contributed by atoms with E-state index in [1.807, 2.05) is 56.8 Å². The van der Waals surface area contributed by atoms with Crippen molar-refractivity contribution in [2.24, 2.45) is 5.73 Å². The molecular weight excluding hydrogens is 438 g/mol. The molecule has 2 rings (SSSR count). The maximum absolute atomic E-state index is 12.3. The first-order chi connectivity index (χ1) is 15.9. The van der Waals surface area contributed by atoms with Crippen LogP contribution in [0.3, 0.4) is 0 Å². The number of aromatic nitrogens is 1. The SMILES string of the molecule is CC(C)(CCOC(C)(C)CCNC(=O)C(N)Cn1cccc1)NC(=O)CCN1C(=O)C=CC1=O. The third-order valence-corrected chi connectivity index (χ3v) is 5.60. The van der Waals surface area contributed by atoms with Crippen LogP contribution in [0.2, 0.25) is 0 Å². The zero-order valence-corrected chi connectivity index (χ0v) is 20.5. The molecule has 4 amide bonds. The number of carbonyl (C=O) groups is 4. The quantitative estimate of drug-likeness (QED) is 0.339. The van der Waals surface area contributed by atoms with E-state index >= 15 is 0 Å². The molecule has 2 heterocycles. The molecule has 1 aliphatic heterocycles. The fraction of sp³-hybridized carbons (Fsp3) is 0.583. The molecule has 1 aliphatic rings. The molecule has 0 radical (unpaired) electrons. The minimum atomic E-state index is -0.626. The Kier molecular flexibility index (Phi) is 9.57. The number of nitrogens with zero attached hydrogens (tertiary/aromatic N) is 2. The van der Waals surface area contributed by atoms with Crippen LogP contribution in [-0.2, 0) is 30.5 Å². The molecule has 10 heteroatoms. The van der Waals surface area contributed by atoms with Gasteiger partial charge in [-0.1, -0.05) is 0 Å².